The number of carbonyl (C=O) groups excluding carboxylic acids is 2. The lowest BCUT2D eigenvalue weighted by Crippen LogP contribution is -2.58. The molecule has 1 heterocycles. The van der Waals surface area contributed by atoms with Crippen molar-refractivity contribution >= 4 is 11.8 Å². The molecule has 0 bridgehead atoms. The largest absolute Gasteiger partial charge is 0.458 e. The highest BCUT2D eigenvalue weighted by Crippen LogP contribution is 2.66. The molecule has 6 nitrogen and oxygen atoms in total. The number of aliphatic hydroxyl groups is 3. The Hall–Kier alpha value is -1.76. The summed E-state index contributed by atoms with van der Waals surface area (Å²) in [5.41, 5.74) is 1.39. The van der Waals surface area contributed by atoms with Gasteiger partial charge in [0.15, 0.2) is 5.78 Å². The topological polar surface area (TPSA) is 104 Å². The van der Waals surface area contributed by atoms with Crippen LogP contribution in [0.4, 0.5) is 0 Å². The van der Waals surface area contributed by atoms with Crippen LogP contribution >= 0.6 is 0 Å². The minimum absolute atomic E-state index is 0.0138. The van der Waals surface area contributed by atoms with E-state index in [1.165, 1.54) is 5.57 Å². The summed E-state index contributed by atoms with van der Waals surface area (Å²) in [6, 6.07) is 0. The molecule has 0 aromatic heterocycles. The fraction of sp³-hybridized carbons (Fsp3) is 0.714. The summed E-state index contributed by atoms with van der Waals surface area (Å²) in [7, 11) is 0. The van der Waals surface area contributed by atoms with Gasteiger partial charge in [0.25, 0.3) is 0 Å². The molecule has 0 unspecified atom stereocenters. The maximum atomic E-state index is 13.1. The van der Waals surface area contributed by atoms with E-state index in [-0.39, 0.29) is 42.7 Å². The molecule has 34 heavy (non-hydrogen) atoms. The summed E-state index contributed by atoms with van der Waals surface area (Å²) in [5.74, 6) is 0.0877. The number of rotatable bonds is 4. The van der Waals surface area contributed by atoms with Gasteiger partial charge in [0.05, 0.1) is 23.7 Å². The van der Waals surface area contributed by atoms with Gasteiger partial charge >= 0.3 is 5.97 Å². The number of carbonyl (C=O) groups is 2. The van der Waals surface area contributed by atoms with Gasteiger partial charge in [-0.05, 0) is 81.1 Å². The van der Waals surface area contributed by atoms with E-state index >= 15 is 0 Å². The molecule has 0 spiro atoms. The van der Waals surface area contributed by atoms with Crippen molar-refractivity contribution in [1.82, 2.24) is 0 Å². The zero-order chi connectivity index (χ0) is 24.4. The van der Waals surface area contributed by atoms with Crippen LogP contribution in [0.25, 0.3) is 0 Å². The molecule has 0 aromatic carbocycles. The summed E-state index contributed by atoms with van der Waals surface area (Å²) >= 11 is 0. The van der Waals surface area contributed by atoms with Crippen molar-refractivity contribution in [3.63, 3.8) is 0 Å². The van der Waals surface area contributed by atoms with Gasteiger partial charge in [-0.15, -0.1) is 0 Å². The van der Waals surface area contributed by atoms with Crippen molar-refractivity contribution in [2.75, 3.05) is 13.2 Å². The van der Waals surface area contributed by atoms with E-state index < -0.39 is 29.0 Å². The highest BCUT2D eigenvalue weighted by Gasteiger charge is 2.64. The minimum atomic E-state index is -0.584. The minimum Gasteiger partial charge on any atom is -0.458 e. The molecule has 0 amide bonds. The van der Waals surface area contributed by atoms with Crippen LogP contribution in [-0.2, 0) is 14.3 Å². The van der Waals surface area contributed by atoms with Gasteiger partial charge in [-0.1, -0.05) is 30.2 Å². The van der Waals surface area contributed by atoms with Crippen LogP contribution in [0.2, 0.25) is 0 Å². The molecule has 5 aliphatic rings. The first kappa shape index (κ1) is 24.0. The van der Waals surface area contributed by atoms with Crippen LogP contribution in [0.3, 0.4) is 0 Å². The third-order valence-corrected chi connectivity index (χ3v) is 10.7. The number of fused-ring (bicyclic) bond motifs is 5. The molecule has 9 atom stereocenters. The predicted octanol–water partition coefficient (Wildman–Crippen LogP) is 3.11. The maximum Gasteiger partial charge on any atom is 0.336 e. The molecular formula is C28H38O6. The normalized spacial score (nSPS) is 44.7. The number of aliphatic hydroxyl groups excluding tert-OH is 3. The Bertz CT molecular complexity index is 977. The Morgan fingerprint density at radius 1 is 1.18 bits per heavy atom. The monoisotopic (exact) mass is 470 g/mol. The van der Waals surface area contributed by atoms with Gasteiger partial charge in [0, 0.05) is 18.9 Å². The Morgan fingerprint density at radius 2 is 1.94 bits per heavy atom. The number of allylic oxidation sites excluding steroid dienone is 4. The average Bonchev–Trinajstić information content (AvgIpc) is 3.14. The van der Waals surface area contributed by atoms with E-state index in [2.05, 4.69) is 19.9 Å². The Kier molecular flexibility index (Phi) is 5.93. The van der Waals surface area contributed by atoms with Crippen molar-refractivity contribution in [3.05, 3.63) is 34.9 Å². The van der Waals surface area contributed by atoms with Gasteiger partial charge < -0.3 is 20.1 Å². The van der Waals surface area contributed by atoms with Crippen molar-refractivity contribution in [1.29, 1.82) is 0 Å². The van der Waals surface area contributed by atoms with E-state index in [0.29, 0.717) is 24.3 Å². The Labute approximate surface area is 201 Å². The van der Waals surface area contributed by atoms with Gasteiger partial charge in [-0.25, -0.2) is 4.79 Å². The number of hydrogen-bond donors (Lipinski definition) is 3. The van der Waals surface area contributed by atoms with Crippen molar-refractivity contribution in [3.8, 4) is 0 Å². The average molecular weight is 471 g/mol. The lowest BCUT2D eigenvalue weighted by atomic mass is 9.46. The van der Waals surface area contributed by atoms with E-state index in [1.807, 2.05) is 13.0 Å². The number of esters is 1. The fourth-order valence-electron chi connectivity index (χ4n) is 8.67. The third kappa shape index (κ3) is 3.17. The number of ether oxygens (including phenoxy) is 1. The quantitative estimate of drug-likeness (QED) is 0.431. The van der Waals surface area contributed by atoms with Crippen molar-refractivity contribution in [2.45, 2.75) is 71.5 Å². The number of hydrogen-bond acceptors (Lipinski definition) is 6. The van der Waals surface area contributed by atoms with E-state index in [1.54, 1.807) is 6.08 Å². The zero-order valence-electron chi connectivity index (χ0n) is 20.5. The first-order valence-electron chi connectivity index (χ1n) is 12.9. The molecule has 0 saturated heterocycles. The van der Waals surface area contributed by atoms with E-state index in [9.17, 15) is 24.9 Å². The maximum absolute atomic E-state index is 13.1. The second-order valence-electron chi connectivity index (χ2n) is 11.7. The van der Waals surface area contributed by atoms with Gasteiger partial charge in [-0.3, -0.25) is 4.79 Å². The predicted molar refractivity (Wildman–Crippen MR) is 126 cm³/mol. The van der Waals surface area contributed by atoms with Crippen LogP contribution in [0, 0.1) is 40.4 Å². The molecular weight excluding hydrogens is 432 g/mol. The van der Waals surface area contributed by atoms with Crippen molar-refractivity contribution < 1.29 is 29.6 Å². The fourth-order valence-corrected chi connectivity index (χ4v) is 8.67. The highest BCUT2D eigenvalue weighted by atomic mass is 16.5. The highest BCUT2D eigenvalue weighted by molar-refractivity contribution is 5.98. The summed E-state index contributed by atoms with van der Waals surface area (Å²) < 4.78 is 5.73. The summed E-state index contributed by atoms with van der Waals surface area (Å²) in [6.45, 7) is 5.63. The first-order chi connectivity index (χ1) is 16.2. The van der Waals surface area contributed by atoms with Crippen LogP contribution < -0.4 is 0 Å². The molecule has 2 saturated carbocycles. The lowest BCUT2D eigenvalue weighted by molar-refractivity contribution is -0.164. The number of ketones is 1. The lowest BCUT2D eigenvalue weighted by Gasteiger charge is -2.58. The van der Waals surface area contributed by atoms with Crippen LogP contribution in [-0.4, -0.2) is 52.5 Å². The molecule has 5 rings (SSSR count). The summed E-state index contributed by atoms with van der Waals surface area (Å²) in [4.78, 5) is 25.6. The second kappa shape index (κ2) is 8.42. The van der Waals surface area contributed by atoms with E-state index in [0.717, 1.165) is 31.3 Å². The Morgan fingerprint density at radius 3 is 2.62 bits per heavy atom. The number of cyclic esters (lactones) is 1. The molecule has 1 aliphatic heterocycles. The molecule has 186 valence electrons. The SMILES string of the molecule is CC1=C(CO)C(=O)O[C@@H]([C@@H](CO)[C@H]2CC[C@H]3[C@@H]4CC=C5CC=CC(=O)[C@]5(C)[C@H]4C[C@H](O)[C@]23C)C1. The molecule has 4 aliphatic carbocycles. The summed E-state index contributed by atoms with van der Waals surface area (Å²) in [6.07, 6.45) is 9.55. The van der Waals surface area contributed by atoms with Gasteiger partial charge in [0.2, 0.25) is 0 Å². The molecule has 2 fully saturated rings. The van der Waals surface area contributed by atoms with Gasteiger partial charge in [-0.2, -0.15) is 0 Å². The standard InChI is InChI=1S/C28H38O6/c1-15-11-23(34-26(33)18(15)13-29)19(14-30)21-10-9-20-17-8-7-16-5-4-6-24(31)27(16,2)22(17)12-25(32)28(20,21)3/h4,6-7,17,19-23,25,29-30,32H,5,8-14H2,1-3H3/t17-,19-,20-,21+,22-,23+,25-,27-,28-/m0/s1. The first-order valence-corrected chi connectivity index (χ1v) is 12.9. The summed E-state index contributed by atoms with van der Waals surface area (Å²) in [5, 5.41) is 31.7. The molecule has 3 N–H and O–H groups in total. The molecule has 0 radical (unpaired) electrons. The van der Waals surface area contributed by atoms with Crippen LogP contribution in [0.15, 0.2) is 34.9 Å². The van der Waals surface area contributed by atoms with Gasteiger partial charge in [0.1, 0.15) is 6.10 Å². The Balaban J connectivity index is 1.45. The third-order valence-electron chi connectivity index (χ3n) is 10.7. The second-order valence-corrected chi connectivity index (χ2v) is 11.7. The van der Waals surface area contributed by atoms with E-state index in [4.69, 9.17) is 4.74 Å². The molecule has 0 aromatic rings. The van der Waals surface area contributed by atoms with Crippen LogP contribution in [0.1, 0.15) is 59.3 Å². The smallest absolute Gasteiger partial charge is 0.336 e. The molecule has 6 heteroatoms. The zero-order valence-corrected chi connectivity index (χ0v) is 20.5. The van der Waals surface area contributed by atoms with Crippen LogP contribution in [0.5, 0.6) is 0 Å². The van der Waals surface area contributed by atoms with Crippen molar-refractivity contribution in [2.24, 2.45) is 40.4 Å².